The standard InChI is InChI=1S/C13H26N2O/c1-5-11(6-2)15(4)12(16)13(3)7-9-14-10-8-13/h11,14H,5-10H2,1-4H3. The Morgan fingerprint density at radius 2 is 1.81 bits per heavy atom. The van der Waals surface area contributed by atoms with Gasteiger partial charge in [-0.25, -0.2) is 0 Å². The predicted octanol–water partition coefficient (Wildman–Crippen LogP) is 2.02. The number of nitrogens with zero attached hydrogens (tertiary/aromatic N) is 1. The predicted molar refractivity (Wildman–Crippen MR) is 67.4 cm³/mol. The first-order chi connectivity index (χ1) is 7.55. The Balaban J connectivity index is 2.67. The molecule has 1 N–H and O–H groups in total. The number of carbonyl (C=O) groups excluding carboxylic acids is 1. The summed E-state index contributed by atoms with van der Waals surface area (Å²) in [6.07, 6.45) is 4.03. The number of rotatable bonds is 4. The van der Waals surface area contributed by atoms with E-state index in [4.69, 9.17) is 0 Å². The molecule has 1 fully saturated rings. The molecule has 0 radical (unpaired) electrons. The molecule has 0 atom stereocenters. The molecule has 16 heavy (non-hydrogen) atoms. The van der Waals surface area contributed by atoms with Crippen molar-refractivity contribution < 1.29 is 4.79 Å². The van der Waals surface area contributed by atoms with Crippen molar-refractivity contribution in [2.75, 3.05) is 20.1 Å². The number of amides is 1. The van der Waals surface area contributed by atoms with E-state index in [2.05, 4.69) is 26.1 Å². The first-order valence-electron chi connectivity index (χ1n) is 6.53. The van der Waals surface area contributed by atoms with Crippen LogP contribution in [0.3, 0.4) is 0 Å². The van der Waals surface area contributed by atoms with Gasteiger partial charge in [-0.15, -0.1) is 0 Å². The number of carbonyl (C=O) groups is 1. The summed E-state index contributed by atoms with van der Waals surface area (Å²) in [5, 5.41) is 3.32. The normalized spacial score (nSPS) is 19.8. The highest BCUT2D eigenvalue weighted by Crippen LogP contribution is 2.31. The quantitative estimate of drug-likeness (QED) is 0.795. The lowest BCUT2D eigenvalue weighted by molar-refractivity contribution is -0.143. The van der Waals surface area contributed by atoms with Crippen molar-refractivity contribution in [3.8, 4) is 0 Å². The van der Waals surface area contributed by atoms with Gasteiger partial charge >= 0.3 is 0 Å². The van der Waals surface area contributed by atoms with Crippen LogP contribution in [-0.4, -0.2) is 37.0 Å². The van der Waals surface area contributed by atoms with E-state index in [0.717, 1.165) is 38.8 Å². The fourth-order valence-electron chi connectivity index (χ4n) is 2.62. The maximum atomic E-state index is 12.5. The lowest BCUT2D eigenvalue weighted by Crippen LogP contribution is -2.49. The highest BCUT2D eigenvalue weighted by Gasteiger charge is 2.37. The van der Waals surface area contributed by atoms with Crippen molar-refractivity contribution >= 4 is 5.91 Å². The number of piperidine rings is 1. The molecule has 1 aliphatic rings. The molecule has 94 valence electrons. The van der Waals surface area contributed by atoms with Crippen molar-refractivity contribution in [1.29, 1.82) is 0 Å². The minimum absolute atomic E-state index is 0.136. The highest BCUT2D eigenvalue weighted by atomic mass is 16.2. The topological polar surface area (TPSA) is 32.3 Å². The summed E-state index contributed by atoms with van der Waals surface area (Å²) < 4.78 is 0. The zero-order valence-electron chi connectivity index (χ0n) is 11.2. The third-order valence-electron chi connectivity index (χ3n) is 4.03. The summed E-state index contributed by atoms with van der Waals surface area (Å²) in [6.45, 7) is 8.37. The van der Waals surface area contributed by atoms with Crippen molar-refractivity contribution in [2.45, 2.75) is 52.5 Å². The molecule has 0 aromatic rings. The van der Waals surface area contributed by atoms with Crippen LogP contribution < -0.4 is 5.32 Å². The van der Waals surface area contributed by atoms with E-state index in [1.165, 1.54) is 0 Å². The summed E-state index contributed by atoms with van der Waals surface area (Å²) in [4.78, 5) is 14.5. The third-order valence-corrected chi connectivity index (χ3v) is 4.03. The summed E-state index contributed by atoms with van der Waals surface area (Å²) in [5.74, 6) is 0.336. The van der Waals surface area contributed by atoms with Crippen LogP contribution in [0.2, 0.25) is 0 Å². The van der Waals surface area contributed by atoms with Crippen LogP contribution in [0.5, 0.6) is 0 Å². The molecule has 0 aromatic heterocycles. The molecule has 0 spiro atoms. The van der Waals surface area contributed by atoms with Crippen LogP contribution in [-0.2, 0) is 4.79 Å². The van der Waals surface area contributed by atoms with E-state index in [-0.39, 0.29) is 5.41 Å². The fourth-order valence-corrected chi connectivity index (χ4v) is 2.62. The molecule has 3 heteroatoms. The minimum atomic E-state index is -0.136. The Labute approximate surface area is 99.6 Å². The molecule has 1 amide bonds. The maximum absolute atomic E-state index is 12.5. The van der Waals surface area contributed by atoms with Crippen LogP contribution in [0.25, 0.3) is 0 Å². The van der Waals surface area contributed by atoms with E-state index in [1.807, 2.05) is 11.9 Å². The van der Waals surface area contributed by atoms with Gasteiger partial charge in [-0.1, -0.05) is 20.8 Å². The molecular formula is C13H26N2O. The van der Waals surface area contributed by atoms with Gasteiger partial charge in [0.05, 0.1) is 0 Å². The monoisotopic (exact) mass is 226 g/mol. The van der Waals surface area contributed by atoms with Crippen molar-refractivity contribution in [1.82, 2.24) is 10.2 Å². The molecule has 3 nitrogen and oxygen atoms in total. The van der Waals surface area contributed by atoms with Crippen LogP contribution in [0.4, 0.5) is 0 Å². The van der Waals surface area contributed by atoms with Crippen LogP contribution in [0.1, 0.15) is 46.5 Å². The van der Waals surface area contributed by atoms with Gasteiger partial charge in [0.1, 0.15) is 0 Å². The number of hydrogen-bond acceptors (Lipinski definition) is 2. The van der Waals surface area contributed by atoms with Gasteiger partial charge < -0.3 is 10.2 Å². The lowest BCUT2D eigenvalue weighted by Gasteiger charge is -2.38. The van der Waals surface area contributed by atoms with Gasteiger partial charge in [0.15, 0.2) is 0 Å². The SMILES string of the molecule is CCC(CC)N(C)C(=O)C1(C)CCNCC1. The van der Waals surface area contributed by atoms with Crippen LogP contribution in [0, 0.1) is 5.41 Å². The van der Waals surface area contributed by atoms with E-state index in [1.54, 1.807) is 0 Å². The Bertz CT molecular complexity index is 230. The largest absolute Gasteiger partial charge is 0.342 e. The van der Waals surface area contributed by atoms with Crippen molar-refractivity contribution in [3.05, 3.63) is 0 Å². The van der Waals surface area contributed by atoms with Gasteiger partial charge in [-0.05, 0) is 38.8 Å². The van der Waals surface area contributed by atoms with E-state index in [0.29, 0.717) is 11.9 Å². The molecule has 0 saturated carbocycles. The van der Waals surface area contributed by atoms with E-state index in [9.17, 15) is 4.79 Å². The highest BCUT2D eigenvalue weighted by molar-refractivity contribution is 5.82. The second kappa shape index (κ2) is 5.67. The summed E-state index contributed by atoms with van der Waals surface area (Å²) >= 11 is 0. The zero-order valence-corrected chi connectivity index (χ0v) is 11.2. The molecule has 1 aliphatic heterocycles. The smallest absolute Gasteiger partial charge is 0.228 e. The molecule has 0 aromatic carbocycles. The Kier molecular flexibility index (Phi) is 4.78. The second-order valence-electron chi connectivity index (χ2n) is 5.20. The van der Waals surface area contributed by atoms with Crippen molar-refractivity contribution in [2.24, 2.45) is 5.41 Å². The summed E-state index contributed by atoms with van der Waals surface area (Å²) in [5.41, 5.74) is -0.136. The second-order valence-corrected chi connectivity index (χ2v) is 5.20. The molecule has 1 heterocycles. The van der Waals surface area contributed by atoms with E-state index >= 15 is 0 Å². The van der Waals surface area contributed by atoms with Gasteiger partial charge in [0.2, 0.25) is 5.91 Å². The average molecular weight is 226 g/mol. The van der Waals surface area contributed by atoms with Gasteiger partial charge in [-0.3, -0.25) is 4.79 Å². The molecule has 1 saturated heterocycles. The fraction of sp³-hybridized carbons (Fsp3) is 0.923. The first-order valence-corrected chi connectivity index (χ1v) is 6.53. The first kappa shape index (κ1) is 13.5. The average Bonchev–Trinajstić information content (AvgIpc) is 2.30. The maximum Gasteiger partial charge on any atom is 0.228 e. The summed E-state index contributed by atoms with van der Waals surface area (Å²) in [6, 6.07) is 0.402. The van der Waals surface area contributed by atoms with E-state index < -0.39 is 0 Å². The Hall–Kier alpha value is -0.570. The Morgan fingerprint density at radius 3 is 2.25 bits per heavy atom. The minimum Gasteiger partial charge on any atom is -0.342 e. The molecular weight excluding hydrogens is 200 g/mol. The van der Waals surface area contributed by atoms with Gasteiger partial charge in [-0.2, -0.15) is 0 Å². The number of nitrogens with one attached hydrogen (secondary N) is 1. The molecule has 0 bridgehead atoms. The Morgan fingerprint density at radius 1 is 1.31 bits per heavy atom. The number of hydrogen-bond donors (Lipinski definition) is 1. The zero-order chi connectivity index (χ0) is 12.2. The lowest BCUT2D eigenvalue weighted by atomic mass is 9.79. The van der Waals surface area contributed by atoms with Gasteiger partial charge in [0, 0.05) is 18.5 Å². The van der Waals surface area contributed by atoms with Gasteiger partial charge in [0.25, 0.3) is 0 Å². The van der Waals surface area contributed by atoms with Crippen LogP contribution in [0.15, 0.2) is 0 Å². The molecule has 1 rings (SSSR count). The third kappa shape index (κ3) is 2.76. The van der Waals surface area contributed by atoms with Crippen molar-refractivity contribution in [3.63, 3.8) is 0 Å². The molecule has 0 unspecified atom stereocenters. The molecule has 0 aliphatic carbocycles. The van der Waals surface area contributed by atoms with Crippen LogP contribution >= 0.6 is 0 Å². The summed E-state index contributed by atoms with van der Waals surface area (Å²) in [7, 11) is 1.97.